The summed E-state index contributed by atoms with van der Waals surface area (Å²) in [7, 11) is 0. The zero-order chi connectivity index (χ0) is 21.4. The molecule has 0 amide bonds. The summed E-state index contributed by atoms with van der Waals surface area (Å²) in [6.45, 7) is 0.724. The van der Waals surface area contributed by atoms with Crippen molar-refractivity contribution < 1.29 is 9.90 Å². The van der Waals surface area contributed by atoms with Gasteiger partial charge in [0.05, 0.1) is 22.9 Å². The molecular formula is C26H21N3O2. The molecule has 5 rings (SSSR count). The maximum absolute atomic E-state index is 11.8. The van der Waals surface area contributed by atoms with Gasteiger partial charge in [-0.05, 0) is 77.2 Å². The van der Waals surface area contributed by atoms with Gasteiger partial charge in [0.25, 0.3) is 0 Å². The van der Waals surface area contributed by atoms with Crippen LogP contribution in [0, 0.1) is 11.3 Å². The highest BCUT2D eigenvalue weighted by molar-refractivity contribution is 5.89. The highest BCUT2D eigenvalue weighted by Gasteiger charge is 2.25. The largest absolute Gasteiger partial charge is 0.478 e. The number of benzene rings is 2. The first kappa shape index (κ1) is 19.1. The fourth-order valence-electron chi connectivity index (χ4n) is 4.05. The minimum absolute atomic E-state index is 0.308. The van der Waals surface area contributed by atoms with Gasteiger partial charge in [-0.25, -0.2) is 4.79 Å². The van der Waals surface area contributed by atoms with E-state index >= 15 is 0 Å². The maximum atomic E-state index is 11.8. The standard InChI is InChI=1S/C26H21N3O2/c27-14-17-1-3-18(4-2-17)16-29-10-9-21-11-19(5-8-25(21)29)12-24-23(26(30)31)13-22(15-28-24)20-6-7-20/h1-5,8-11,13,15,20H,6-7,12,16H2,(H,30,31). The number of pyridine rings is 1. The van der Waals surface area contributed by atoms with Crippen molar-refractivity contribution in [1.29, 1.82) is 5.26 Å². The van der Waals surface area contributed by atoms with Crippen molar-refractivity contribution in [1.82, 2.24) is 9.55 Å². The summed E-state index contributed by atoms with van der Waals surface area (Å²) in [6.07, 6.45) is 6.62. The van der Waals surface area contributed by atoms with Crippen molar-refractivity contribution in [3.05, 3.63) is 101 Å². The van der Waals surface area contributed by atoms with E-state index < -0.39 is 5.97 Å². The van der Waals surface area contributed by atoms with E-state index in [1.54, 1.807) is 6.07 Å². The van der Waals surface area contributed by atoms with Crippen LogP contribution in [0.15, 0.2) is 67.0 Å². The molecule has 5 heteroatoms. The van der Waals surface area contributed by atoms with Crippen molar-refractivity contribution >= 4 is 16.9 Å². The van der Waals surface area contributed by atoms with Crippen LogP contribution in [0.4, 0.5) is 0 Å². The summed E-state index contributed by atoms with van der Waals surface area (Å²) < 4.78 is 2.17. The molecule has 0 unspecified atom stereocenters. The van der Waals surface area contributed by atoms with Gasteiger partial charge < -0.3 is 9.67 Å². The van der Waals surface area contributed by atoms with E-state index in [1.807, 2.05) is 36.5 Å². The van der Waals surface area contributed by atoms with Gasteiger partial charge in [0.15, 0.2) is 0 Å². The molecule has 0 radical (unpaired) electrons. The number of rotatable bonds is 6. The van der Waals surface area contributed by atoms with Crippen LogP contribution in [-0.2, 0) is 13.0 Å². The molecule has 1 N–H and O–H groups in total. The molecule has 0 atom stereocenters. The molecular weight excluding hydrogens is 386 g/mol. The minimum Gasteiger partial charge on any atom is -0.478 e. The van der Waals surface area contributed by atoms with E-state index in [1.165, 1.54) is 0 Å². The number of hydrogen-bond donors (Lipinski definition) is 1. The molecule has 0 spiro atoms. The number of fused-ring (bicyclic) bond motifs is 1. The van der Waals surface area contributed by atoms with Crippen molar-refractivity contribution in [2.24, 2.45) is 0 Å². The van der Waals surface area contributed by atoms with E-state index in [4.69, 9.17) is 5.26 Å². The third-order valence-corrected chi connectivity index (χ3v) is 5.91. The van der Waals surface area contributed by atoms with Gasteiger partial charge in [0.2, 0.25) is 0 Å². The molecule has 4 aromatic rings. The molecule has 1 fully saturated rings. The van der Waals surface area contributed by atoms with E-state index in [0.717, 1.165) is 47.0 Å². The van der Waals surface area contributed by atoms with Gasteiger partial charge in [-0.3, -0.25) is 4.98 Å². The van der Waals surface area contributed by atoms with E-state index in [2.05, 4.69) is 40.0 Å². The van der Waals surface area contributed by atoms with Gasteiger partial charge >= 0.3 is 5.97 Å². The van der Waals surface area contributed by atoms with Gasteiger partial charge in [-0.1, -0.05) is 18.2 Å². The average molecular weight is 407 g/mol. The molecule has 152 valence electrons. The first-order valence-electron chi connectivity index (χ1n) is 10.4. The molecule has 1 saturated carbocycles. The fraction of sp³-hybridized carbons (Fsp3) is 0.192. The Labute approximate surface area is 180 Å². The Morgan fingerprint density at radius 3 is 2.58 bits per heavy atom. The number of aromatic nitrogens is 2. The number of carboxylic acids is 1. The van der Waals surface area contributed by atoms with Crippen molar-refractivity contribution in [2.45, 2.75) is 31.7 Å². The van der Waals surface area contributed by atoms with Gasteiger partial charge in [0.1, 0.15) is 0 Å². The van der Waals surface area contributed by atoms with Crippen molar-refractivity contribution in [3.8, 4) is 6.07 Å². The Morgan fingerprint density at radius 2 is 1.87 bits per heavy atom. The van der Waals surface area contributed by atoms with Crippen LogP contribution >= 0.6 is 0 Å². The molecule has 1 aliphatic carbocycles. The van der Waals surface area contributed by atoms with Crippen molar-refractivity contribution in [2.75, 3.05) is 0 Å². The predicted molar refractivity (Wildman–Crippen MR) is 118 cm³/mol. The SMILES string of the molecule is N#Cc1ccc(Cn2ccc3cc(Cc4ncc(C5CC5)cc4C(=O)O)ccc32)cc1. The Morgan fingerprint density at radius 1 is 1.10 bits per heavy atom. The van der Waals surface area contributed by atoms with Gasteiger partial charge in [-0.15, -0.1) is 0 Å². The quantitative estimate of drug-likeness (QED) is 0.481. The maximum Gasteiger partial charge on any atom is 0.337 e. The lowest BCUT2D eigenvalue weighted by Crippen LogP contribution is -2.07. The summed E-state index contributed by atoms with van der Waals surface area (Å²) >= 11 is 0. The van der Waals surface area contributed by atoms with E-state index in [-0.39, 0.29) is 0 Å². The number of aromatic carboxylic acids is 1. The summed E-state index contributed by atoms with van der Waals surface area (Å²) in [5.74, 6) is -0.438. The van der Waals surface area contributed by atoms with Crippen LogP contribution in [-0.4, -0.2) is 20.6 Å². The lowest BCUT2D eigenvalue weighted by Gasteiger charge is -2.09. The second kappa shape index (κ2) is 7.73. The molecule has 1 aliphatic rings. The molecule has 31 heavy (non-hydrogen) atoms. The van der Waals surface area contributed by atoms with Gasteiger partial charge in [0, 0.05) is 30.9 Å². The van der Waals surface area contributed by atoms with E-state index in [9.17, 15) is 9.90 Å². The first-order chi connectivity index (χ1) is 15.1. The highest BCUT2D eigenvalue weighted by Crippen LogP contribution is 2.40. The molecule has 2 aromatic heterocycles. The molecule has 2 heterocycles. The summed E-state index contributed by atoms with van der Waals surface area (Å²) in [5, 5.41) is 19.7. The van der Waals surface area contributed by atoms with Crippen LogP contribution in [0.3, 0.4) is 0 Å². The highest BCUT2D eigenvalue weighted by atomic mass is 16.4. The number of carboxylic acid groups (broad SMARTS) is 1. The Bertz CT molecular complexity index is 1330. The number of carbonyl (C=O) groups is 1. The molecule has 0 saturated heterocycles. The van der Waals surface area contributed by atoms with Crippen LogP contribution in [0.5, 0.6) is 0 Å². The topological polar surface area (TPSA) is 78.9 Å². The number of nitriles is 1. The number of nitrogens with zero attached hydrogens (tertiary/aromatic N) is 3. The van der Waals surface area contributed by atoms with Crippen LogP contribution in [0.25, 0.3) is 10.9 Å². The smallest absolute Gasteiger partial charge is 0.337 e. The first-order valence-corrected chi connectivity index (χ1v) is 10.4. The minimum atomic E-state index is -0.917. The summed E-state index contributed by atoms with van der Waals surface area (Å²) in [4.78, 5) is 16.3. The molecule has 5 nitrogen and oxygen atoms in total. The van der Waals surface area contributed by atoms with Crippen LogP contribution < -0.4 is 0 Å². The predicted octanol–water partition coefficient (Wildman–Crippen LogP) is 5.12. The summed E-state index contributed by atoms with van der Waals surface area (Å²) in [5.41, 5.74) is 5.89. The Kier molecular flexibility index (Phi) is 4.76. The zero-order valence-electron chi connectivity index (χ0n) is 17.0. The second-order valence-electron chi connectivity index (χ2n) is 8.16. The lowest BCUT2D eigenvalue weighted by atomic mass is 10.0. The average Bonchev–Trinajstić information content (AvgIpc) is 3.56. The van der Waals surface area contributed by atoms with Crippen molar-refractivity contribution in [3.63, 3.8) is 0 Å². The third kappa shape index (κ3) is 3.93. The number of hydrogen-bond acceptors (Lipinski definition) is 3. The van der Waals surface area contributed by atoms with Gasteiger partial charge in [-0.2, -0.15) is 5.26 Å². The van der Waals surface area contributed by atoms with Crippen LogP contribution in [0.2, 0.25) is 0 Å². The summed E-state index contributed by atoms with van der Waals surface area (Å²) in [6, 6.07) is 19.9. The van der Waals surface area contributed by atoms with Crippen LogP contribution in [0.1, 0.15) is 57.1 Å². The lowest BCUT2D eigenvalue weighted by molar-refractivity contribution is 0.0695. The fourth-order valence-corrected chi connectivity index (χ4v) is 4.05. The molecule has 0 aliphatic heterocycles. The molecule has 0 bridgehead atoms. The normalized spacial score (nSPS) is 13.3. The Hall–Kier alpha value is -3.91. The monoisotopic (exact) mass is 407 g/mol. The van der Waals surface area contributed by atoms with E-state index in [0.29, 0.717) is 29.2 Å². The second-order valence-corrected chi connectivity index (χ2v) is 8.16. The molecule has 2 aromatic carbocycles. The zero-order valence-corrected chi connectivity index (χ0v) is 17.0. The Balaban J connectivity index is 1.39. The third-order valence-electron chi connectivity index (χ3n) is 5.91.